The van der Waals surface area contributed by atoms with Crippen molar-refractivity contribution in [1.29, 1.82) is 0 Å². The maximum atomic E-state index is 13.6. The van der Waals surface area contributed by atoms with Crippen LogP contribution in [0.3, 0.4) is 0 Å². The summed E-state index contributed by atoms with van der Waals surface area (Å²) < 4.78 is 5.80. The molecule has 2 aliphatic heterocycles. The number of hydrogen-bond donors (Lipinski definition) is 0. The number of likely N-dealkylation sites (tertiary alicyclic amines) is 1. The molecule has 166 valence electrons. The van der Waals surface area contributed by atoms with E-state index < -0.39 is 11.0 Å². The van der Waals surface area contributed by atoms with Crippen LogP contribution in [0.15, 0.2) is 67.1 Å². The highest BCUT2D eigenvalue weighted by Crippen LogP contribution is 2.52. The number of fused-ring (bicyclic) bond motifs is 2. The lowest BCUT2D eigenvalue weighted by atomic mass is 9.91. The zero-order chi connectivity index (χ0) is 22.5. The molecule has 33 heavy (non-hydrogen) atoms. The van der Waals surface area contributed by atoms with Crippen molar-refractivity contribution in [2.24, 2.45) is 0 Å². The molecule has 1 aliphatic carbocycles. The van der Waals surface area contributed by atoms with Crippen LogP contribution in [0, 0.1) is 0 Å². The standard InChI is InChI=1S/C27H25N3O3/c31-24-22-17-28-15-10-23(22)27(33-24)13-16-30(18-27)25(32)26(11-12-26)20-7-4-19(5-8-20)6-9-21-3-1-2-14-29-21/h1-5,7-8,10,14-15,17H,6,9,11-13,16,18H2. The van der Waals surface area contributed by atoms with Gasteiger partial charge in [-0.05, 0) is 55.0 Å². The van der Waals surface area contributed by atoms with Crippen LogP contribution in [0.1, 0.15) is 52.0 Å². The lowest BCUT2D eigenvalue weighted by molar-refractivity contribution is -0.134. The number of pyridine rings is 2. The minimum atomic E-state index is -0.726. The highest BCUT2D eigenvalue weighted by atomic mass is 16.6. The Kier molecular flexibility index (Phi) is 4.57. The lowest BCUT2D eigenvalue weighted by Gasteiger charge is -2.27. The van der Waals surface area contributed by atoms with Crippen molar-refractivity contribution in [2.45, 2.75) is 43.1 Å². The van der Waals surface area contributed by atoms with Crippen LogP contribution in [-0.4, -0.2) is 39.8 Å². The van der Waals surface area contributed by atoms with E-state index in [9.17, 15) is 9.59 Å². The second-order valence-electron chi connectivity index (χ2n) is 9.38. The van der Waals surface area contributed by atoms with Gasteiger partial charge in [-0.25, -0.2) is 4.79 Å². The van der Waals surface area contributed by atoms with Crippen molar-refractivity contribution in [2.75, 3.05) is 13.1 Å². The molecule has 1 amide bonds. The van der Waals surface area contributed by atoms with E-state index in [0.29, 0.717) is 25.1 Å². The maximum absolute atomic E-state index is 13.6. The molecule has 2 aromatic heterocycles. The van der Waals surface area contributed by atoms with Crippen molar-refractivity contribution >= 4 is 11.9 Å². The number of esters is 1. The number of carbonyl (C=O) groups excluding carboxylic acids is 2. The van der Waals surface area contributed by atoms with Crippen molar-refractivity contribution in [3.63, 3.8) is 0 Å². The minimum Gasteiger partial charge on any atom is -0.449 e. The average Bonchev–Trinajstić information content (AvgIpc) is 3.49. The van der Waals surface area contributed by atoms with Gasteiger partial charge in [-0.1, -0.05) is 30.3 Å². The first-order valence-electron chi connectivity index (χ1n) is 11.6. The molecule has 1 unspecified atom stereocenters. The summed E-state index contributed by atoms with van der Waals surface area (Å²) in [4.78, 5) is 36.3. The van der Waals surface area contributed by atoms with Gasteiger partial charge in [0, 0.05) is 42.8 Å². The first-order valence-corrected chi connectivity index (χ1v) is 11.6. The van der Waals surface area contributed by atoms with Crippen LogP contribution in [-0.2, 0) is 33.4 Å². The van der Waals surface area contributed by atoms with Crippen LogP contribution in [0.5, 0.6) is 0 Å². The predicted molar refractivity (Wildman–Crippen MR) is 122 cm³/mol. The van der Waals surface area contributed by atoms with E-state index in [0.717, 1.165) is 42.5 Å². The van der Waals surface area contributed by atoms with Gasteiger partial charge >= 0.3 is 5.97 Å². The molecule has 1 saturated carbocycles. The van der Waals surface area contributed by atoms with Crippen LogP contribution < -0.4 is 0 Å². The molecule has 0 N–H and O–H groups in total. The first-order chi connectivity index (χ1) is 16.1. The monoisotopic (exact) mass is 439 g/mol. The largest absolute Gasteiger partial charge is 0.449 e. The zero-order valence-electron chi connectivity index (χ0n) is 18.4. The summed E-state index contributed by atoms with van der Waals surface area (Å²) in [7, 11) is 0. The van der Waals surface area contributed by atoms with Gasteiger partial charge in [0.05, 0.1) is 17.5 Å². The fraction of sp³-hybridized carbons (Fsp3) is 0.333. The van der Waals surface area contributed by atoms with Gasteiger partial charge in [-0.3, -0.25) is 14.8 Å². The van der Waals surface area contributed by atoms with Gasteiger partial charge < -0.3 is 9.64 Å². The Morgan fingerprint density at radius 3 is 2.61 bits per heavy atom. The second kappa shape index (κ2) is 7.51. The number of aryl methyl sites for hydroxylation is 2. The Balaban J connectivity index is 1.16. The van der Waals surface area contributed by atoms with E-state index in [1.807, 2.05) is 35.4 Å². The molecule has 0 radical (unpaired) electrons. The minimum absolute atomic E-state index is 0.152. The Labute approximate surface area is 192 Å². The van der Waals surface area contributed by atoms with Crippen LogP contribution in [0.2, 0.25) is 0 Å². The Morgan fingerprint density at radius 1 is 1.00 bits per heavy atom. The number of amides is 1. The average molecular weight is 440 g/mol. The summed E-state index contributed by atoms with van der Waals surface area (Å²) in [6, 6.07) is 16.3. The van der Waals surface area contributed by atoms with E-state index >= 15 is 0 Å². The van der Waals surface area contributed by atoms with Crippen molar-refractivity contribution < 1.29 is 14.3 Å². The lowest BCUT2D eigenvalue weighted by Crippen LogP contribution is -2.40. The van der Waals surface area contributed by atoms with E-state index in [4.69, 9.17) is 4.74 Å². The molecule has 3 aliphatic rings. The molecule has 6 nitrogen and oxygen atoms in total. The molecular formula is C27H25N3O3. The molecule has 1 aromatic carbocycles. The van der Waals surface area contributed by atoms with Gasteiger partial charge in [0.2, 0.25) is 5.91 Å². The number of benzene rings is 1. The molecule has 1 atom stereocenters. The fourth-order valence-corrected chi connectivity index (χ4v) is 5.36. The number of hydrogen-bond acceptors (Lipinski definition) is 5. The highest BCUT2D eigenvalue weighted by Gasteiger charge is 2.57. The normalized spacial score (nSPS) is 22.3. The molecule has 0 bridgehead atoms. The number of nitrogens with zero attached hydrogens (tertiary/aromatic N) is 3. The third kappa shape index (κ3) is 3.32. The Bertz CT molecular complexity index is 1220. The van der Waals surface area contributed by atoms with E-state index in [2.05, 4.69) is 34.2 Å². The second-order valence-corrected chi connectivity index (χ2v) is 9.38. The molecule has 4 heterocycles. The zero-order valence-corrected chi connectivity index (χ0v) is 18.4. The maximum Gasteiger partial charge on any atom is 0.341 e. The summed E-state index contributed by atoms with van der Waals surface area (Å²) >= 11 is 0. The van der Waals surface area contributed by atoms with Crippen molar-refractivity contribution in [3.05, 3.63) is 95.1 Å². The number of carbonyl (C=O) groups is 2. The molecule has 1 spiro atoms. The van der Waals surface area contributed by atoms with Gasteiger partial charge in [-0.2, -0.15) is 0 Å². The quantitative estimate of drug-likeness (QED) is 0.568. The van der Waals surface area contributed by atoms with Crippen LogP contribution in [0.4, 0.5) is 0 Å². The molecule has 6 heteroatoms. The van der Waals surface area contributed by atoms with E-state index in [1.54, 1.807) is 12.4 Å². The number of rotatable bonds is 5. The fourth-order valence-electron chi connectivity index (χ4n) is 5.36. The van der Waals surface area contributed by atoms with Crippen molar-refractivity contribution in [3.8, 4) is 0 Å². The third-order valence-corrected chi connectivity index (χ3v) is 7.40. The topological polar surface area (TPSA) is 72.4 Å². The molecule has 6 rings (SSSR count). The van der Waals surface area contributed by atoms with Crippen molar-refractivity contribution in [1.82, 2.24) is 14.9 Å². The highest BCUT2D eigenvalue weighted by molar-refractivity contribution is 5.95. The molecule has 1 saturated heterocycles. The predicted octanol–water partition coefficient (Wildman–Crippen LogP) is 3.59. The SMILES string of the molecule is O=C1OC2(CCN(C(=O)C3(c4ccc(CCc5ccccn5)cc4)CC3)C2)c2ccncc21. The summed E-state index contributed by atoms with van der Waals surface area (Å²) in [6.45, 7) is 1.01. The molecular weight excluding hydrogens is 414 g/mol. The molecule has 2 fully saturated rings. The van der Waals surface area contributed by atoms with Gasteiger partial charge in [0.15, 0.2) is 5.60 Å². The van der Waals surface area contributed by atoms with E-state index in [1.165, 1.54) is 5.56 Å². The van der Waals surface area contributed by atoms with Gasteiger partial charge in [0.1, 0.15) is 0 Å². The summed E-state index contributed by atoms with van der Waals surface area (Å²) in [5.41, 5.74) is 3.64. The number of ether oxygens (including phenoxy) is 1. The molecule has 3 aromatic rings. The first kappa shape index (κ1) is 20.1. The summed E-state index contributed by atoms with van der Waals surface area (Å²) in [5.74, 6) is -0.186. The van der Waals surface area contributed by atoms with Crippen LogP contribution >= 0.6 is 0 Å². The number of aromatic nitrogens is 2. The smallest absolute Gasteiger partial charge is 0.341 e. The van der Waals surface area contributed by atoms with Gasteiger partial charge in [0.25, 0.3) is 0 Å². The third-order valence-electron chi connectivity index (χ3n) is 7.40. The van der Waals surface area contributed by atoms with Crippen LogP contribution in [0.25, 0.3) is 0 Å². The Hall–Kier alpha value is -3.54. The summed E-state index contributed by atoms with van der Waals surface area (Å²) in [6.07, 6.45) is 9.25. The Morgan fingerprint density at radius 2 is 1.85 bits per heavy atom. The van der Waals surface area contributed by atoms with E-state index in [-0.39, 0.29) is 11.9 Å². The summed E-state index contributed by atoms with van der Waals surface area (Å²) in [5, 5.41) is 0. The van der Waals surface area contributed by atoms with Gasteiger partial charge in [-0.15, -0.1) is 0 Å².